The smallest absolute Gasteiger partial charge is 0.143 e. The highest BCUT2D eigenvalue weighted by atomic mass is 79.9. The van der Waals surface area contributed by atoms with Crippen molar-refractivity contribution in [3.8, 4) is 0 Å². The number of rotatable bonds is 1. The number of hydrogen-bond donors (Lipinski definition) is 0. The van der Waals surface area contributed by atoms with E-state index in [0.29, 0.717) is 6.04 Å². The molecule has 0 aromatic carbocycles. The Bertz CT molecular complexity index is 449. The standard InChI is InChI=1S/C14H20BrN3/c1-10-5-6-16-14(13(10)15)18-9-12-4-3-7-17(12)8-11(18)2/h5-6,11-12H,3-4,7-9H2,1-2H3. The fourth-order valence-corrected chi connectivity index (χ4v) is 3.67. The zero-order valence-electron chi connectivity index (χ0n) is 11.1. The molecule has 0 saturated carbocycles. The molecule has 2 fully saturated rings. The van der Waals surface area contributed by atoms with Gasteiger partial charge in [0.15, 0.2) is 0 Å². The summed E-state index contributed by atoms with van der Waals surface area (Å²) in [6.07, 6.45) is 4.61. The molecule has 0 bridgehead atoms. The van der Waals surface area contributed by atoms with Gasteiger partial charge >= 0.3 is 0 Å². The first-order valence-corrected chi connectivity index (χ1v) is 7.58. The van der Waals surface area contributed by atoms with Gasteiger partial charge < -0.3 is 4.90 Å². The average molecular weight is 310 g/mol. The van der Waals surface area contributed by atoms with Crippen LogP contribution in [0, 0.1) is 6.92 Å². The first-order chi connectivity index (χ1) is 8.66. The summed E-state index contributed by atoms with van der Waals surface area (Å²) in [7, 11) is 0. The highest BCUT2D eigenvalue weighted by Crippen LogP contribution is 2.32. The topological polar surface area (TPSA) is 19.4 Å². The van der Waals surface area contributed by atoms with E-state index in [9.17, 15) is 0 Å². The van der Waals surface area contributed by atoms with Crippen LogP contribution in [0.3, 0.4) is 0 Å². The van der Waals surface area contributed by atoms with Crippen molar-refractivity contribution >= 4 is 21.7 Å². The predicted octanol–water partition coefficient (Wildman–Crippen LogP) is 2.83. The number of anilines is 1. The van der Waals surface area contributed by atoms with Crippen LogP contribution in [0.4, 0.5) is 5.82 Å². The molecule has 3 nitrogen and oxygen atoms in total. The zero-order chi connectivity index (χ0) is 12.7. The van der Waals surface area contributed by atoms with Crippen molar-refractivity contribution < 1.29 is 0 Å². The molecule has 1 aromatic rings. The Labute approximate surface area is 117 Å². The third kappa shape index (κ3) is 2.05. The van der Waals surface area contributed by atoms with Gasteiger partial charge in [-0.3, -0.25) is 4.90 Å². The van der Waals surface area contributed by atoms with Gasteiger partial charge in [-0.15, -0.1) is 0 Å². The van der Waals surface area contributed by atoms with E-state index in [4.69, 9.17) is 0 Å². The molecule has 3 heterocycles. The van der Waals surface area contributed by atoms with Crippen molar-refractivity contribution in [1.82, 2.24) is 9.88 Å². The predicted molar refractivity (Wildman–Crippen MR) is 78.1 cm³/mol. The number of aryl methyl sites for hydroxylation is 1. The Kier molecular flexibility index (Phi) is 3.32. The highest BCUT2D eigenvalue weighted by Gasteiger charge is 2.35. The number of hydrogen-bond acceptors (Lipinski definition) is 3. The van der Waals surface area contributed by atoms with E-state index in [1.54, 1.807) is 0 Å². The average Bonchev–Trinajstić information content (AvgIpc) is 2.79. The molecule has 2 aliphatic heterocycles. The van der Waals surface area contributed by atoms with Crippen molar-refractivity contribution in [2.24, 2.45) is 0 Å². The van der Waals surface area contributed by atoms with Gasteiger partial charge in [-0.2, -0.15) is 0 Å². The Hall–Kier alpha value is -0.610. The number of nitrogens with zero attached hydrogens (tertiary/aromatic N) is 3. The van der Waals surface area contributed by atoms with Crippen LogP contribution in [0.1, 0.15) is 25.3 Å². The Balaban J connectivity index is 1.89. The number of halogens is 1. The van der Waals surface area contributed by atoms with Crippen molar-refractivity contribution in [3.05, 3.63) is 22.3 Å². The molecule has 0 radical (unpaired) electrons. The molecule has 4 heteroatoms. The molecule has 3 rings (SSSR count). The van der Waals surface area contributed by atoms with E-state index in [1.807, 2.05) is 6.20 Å². The number of aromatic nitrogens is 1. The van der Waals surface area contributed by atoms with Crippen LogP contribution in [0.2, 0.25) is 0 Å². The molecule has 0 spiro atoms. The molecule has 18 heavy (non-hydrogen) atoms. The minimum Gasteiger partial charge on any atom is -0.350 e. The van der Waals surface area contributed by atoms with Crippen molar-refractivity contribution in [2.75, 3.05) is 24.5 Å². The third-order valence-electron chi connectivity index (χ3n) is 4.27. The van der Waals surface area contributed by atoms with Crippen LogP contribution in [0.25, 0.3) is 0 Å². The van der Waals surface area contributed by atoms with Gasteiger partial charge in [0.2, 0.25) is 0 Å². The van der Waals surface area contributed by atoms with Crippen LogP contribution < -0.4 is 4.90 Å². The van der Waals surface area contributed by atoms with E-state index in [-0.39, 0.29) is 0 Å². The maximum atomic E-state index is 4.59. The summed E-state index contributed by atoms with van der Waals surface area (Å²) < 4.78 is 1.16. The van der Waals surface area contributed by atoms with Gasteiger partial charge in [-0.25, -0.2) is 4.98 Å². The van der Waals surface area contributed by atoms with E-state index in [2.05, 4.69) is 50.6 Å². The summed E-state index contributed by atoms with van der Waals surface area (Å²) in [5.74, 6) is 1.12. The molecule has 2 saturated heterocycles. The minimum absolute atomic E-state index is 0.546. The van der Waals surface area contributed by atoms with Crippen molar-refractivity contribution in [3.63, 3.8) is 0 Å². The lowest BCUT2D eigenvalue weighted by molar-refractivity contribution is 0.202. The maximum Gasteiger partial charge on any atom is 0.143 e. The maximum absolute atomic E-state index is 4.59. The van der Waals surface area contributed by atoms with Gasteiger partial charge in [0.25, 0.3) is 0 Å². The molecule has 0 aliphatic carbocycles. The second kappa shape index (κ2) is 4.82. The van der Waals surface area contributed by atoms with Gasteiger partial charge in [0.1, 0.15) is 5.82 Å². The van der Waals surface area contributed by atoms with Gasteiger partial charge in [0, 0.05) is 31.4 Å². The summed E-state index contributed by atoms with van der Waals surface area (Å²) in [5, 5.41) is 0. The Morgan fingerprint density at radius 1 is 1.39 bits per heavy atom. The summed E-state index contributed by atoms with van der Waals surface area (Å²) >= 11 is 3.70. The van der Waals surface area contributed by atoms with E-state index < -0.39 is 0 Å². The lowest BCUT2D eigenvalue weighted by atomic mass is 10.1. The van der Waals surface area contributed by atoms with Crippen LogP contribution in [-0.2, 0) is 0 Å². The Morgan fingerprint density at radius 2 is 2.22 bits per heavy atom. The molecule has 98 valence electrons. The fraction of sp³-hybridized carbons (Fsp3) is 0.643. The molecule has 2 atom stereocenters. The van der Waals surface area contributed by atoms with Crippen LogP contribution in [0.5, 0.6) is 0 Å². The summed E-state index contributed by atoms with van der Waals surface area (Å²) in [6.45, 7) is 8.02. The monoisotopic (exact) mass is 309 g/mol. The normalized spacial score (nSPS) is 28.5. The second-order valence-corrected chi connectivity index (χ2v) is 6.35. The zero-order valence-corrected chi connectivity index (χ0v) is 12.7. The highest BCUT2D eigenvalue weighted by molar-refractivity contribution is 9.10. The molecular weight excluding hydrogens is 290 g/mol. The van der Waals surface area contributed by atoms with Gasteiger partial charge in [-0.1, -0.05) is 0 Å². The molecular formula is C14H20BrN3. The quantitative estimate of drug-likeness (QED) is 0.795. The SMILES string of the molecule is Cc1ccnc(N2CC3CCCN3CC2C)c1Br. The lowest BCUT2D eigenvalue weighted by Crippen LogP contribution is -2.55. The first-order valence-electron chi connectivity index (χ1n) is 6.78. The van der Waals surface area contributed by atoms with Gasteiger partial charge in [0.05, 0.1) is 4.47 Å². The Morgan fingerprint density at radius 3 is 3.06 bits per heavy atom. The van der Waals surface area contributed by atoms with Gasteiger partial charge in [-0.05, 0) is 60.8 Å². The fourth-order valence-electron chi connectivity index (χ4n) is 3.21. The lowest BCUT2D eigenvalue weighted by Gasteiger charge is -2.43. The molecule has 0 amide bonds. The number of fused-ring (bicyclic) bond motifs is 1. The second-order valence-electron chi connectivity index (χ2n) is 5.56. The largest absolute Gasteiger partial charge is 0.350 e. The van der Waals surface area contributed by atoms with Crippen molar-refractivity contribution in [1.29, 1.82) is 0 Å². The molecule has 0 N–H and O–H groups in total. The number of piperazine rings is 1. The molecule has 2 unspecified atom stereocenters. The van der Waals surface area contributed by atoms with Crippen LogP contribution >= 0.6 is 15.9 Å². The summed E-state index contributed by atoms with van der Waals surface area (Å²) in [6, 6.07) is 3.34. The molecule has 2 aliphatic rings. The third-order valence-corrected chi connectivity index (χ3v) is 5.25. The van der Waals surface area contributed by atoms with Crippen molar-refractivity contribution in [2.45, 2.75) is 38.8 Å². The van der Waals surface area contributed by atoms with Crippen LogP contribution in [-0.4, -0.2) is 41.6 Å². The summed E-state index contributed by atoms with van der Waals surface area (Å²) in [4.78, 5) is 9.71. The summed E-state index contributed by atoms with van der Waals surface area (Å²) in [5.41, 5.74) is 1.26. The van der Waals surface area contributed by atoms with E-state index >= 15 is 0 Å². The van der Waals surface area contributed by atoms with E-state index in [1.165, 1.54) is 31.5 Å². The first kappa shape index (κ1) is 12.4. The molecule has 1 aromatic heterocycles. The van der Waals surface area contributed by atoms with E-state index in [0.717, 1.165) is 22.9 Å². The number of pyridine rings is 1. The minimum atomic E-state index is 0.546. The van der Waals surface area contributed by atoms with Crippen LogP contribution in [0.15, 0.2) is 16.7 Å².